The molecule has 7 heteroatoms. The number of amides is 1. The number of nitrogens with one attached hydrogen (secondary N) is 1. The fraction of sp³-hybridized carbons (Fsp3) is 0.0952. The van der Waals surface area contributed by atoms with Crippen LogP contribution in [0.25, 0.3) is 33.2 Å². The van der Waals surface area contributed by atoms with Gasteiger partial charge in [0.05, 0.1) is 12.5 Å². The molecule has 4 rings (SSSR count). The number of nitrogens with zero attached hydrogens (tertiary/aromatic N) is 2. The van der Waals surface area contributed by atoms with Gasteiger partial charge in [0.1, 0.15) is 5.58 Å². The Bertz CT molecular complexity index is 1190. The molecule has 0 radical (unpaired) electrons. The van der Waals surface area contributed by atoms with Crippen molar-refractivity contribution in [3.05, 3.63) is 66.2 Å². The minimum Gasteiger partial charge on any atom is -0.465 e. The highest BCUT2D eigenvalue weighted by Gasteiger charge is 2.18. The molecule has 2 N–H and O–H groups in total. The third kappa shape index (κ3) is 3.14. The lowest BCUT2D eigenvalue weighted by Gasteiger charge is -2.11. The number of aryl methyl sites for hydroxylation is 1. The first-order valence-corrected chi connectivity index (χ1v) is 8.61. The van der Waals surface area contributed by atoms with Crippen LogP contribution >= 0.6 is 0 Å². The van der Waals surface area contributed by atoms with Crippen molar-refractivity contribution in [2.24, 2.45) is 7.05 Å². The van der Waals surface area contributed by atoms with Gasteiger partial charge in [-0.1, -0.05) is 18.2 Å². The quantitative estimate of drug-likeness (QED) is 0.512. The molecule has 0 atom stereocenters. The second-order valence-electron chi connectivity index (χ2n) is 6.43. The molecule has 0 bridgehead atoms. The first-order chi connectivity index (χ1) is 13.6. The van der Waals surface area contributed by atoms with E-state index in [-0.39, 0.29) is 6.54 Å². The molecule has 0 saturated heterocycles. The Morgan fingerprint density at radius 3 is 2.86 bits per heavy atom. The zero-order valence-electron chi connectivity index (χ0n) is 15.0. The van der Waals surface area contributed by atoms with E-state index in [1.54, 1.807) is 23.2 Å². The van der Waals surface area contributed by atoms with Crippen LogP contribution in [0.2, 0.25) is 0 Å². The molecule has 0 aliphatic carbocycles. The smallest absolute Gasteiger partial charge is 0.404 e. The maximum absolute atomic E-state index is 11.9. The molecule has 2 aromatic heterocycles. The van der Waals surface area contributed by atoms with E-state index >= 15 is 0 Å². The van der Waals surface area contributed by atoms with Crippen LogP contribution in [-0.4, -0.2) is 27.3 Å². The van der Waals surface area contributed by atoms with Gasteiger partial charge in [-0.2, -0.15) is 5.10 Å². The van der Waals surface area contributed by atoms with Crippen LogP contribution in [0.15, 0.2) is 59.5 Å². The zero-order chi connectivity index (χ0) is 19.7. The molecule has 28 heavy (non-hydrogen) atoms. The Balaban J connectivity index is 1.88. The molecule has 0 aliphatic rings. The third-order valence-corrected chi connectivity index (χ3v) is 4.57. The molecule has 1 amide bonds. The van der Waals surface area contributed by atoms with Gasteiger partial charge in [0, 0.05) is 47.4 Å². The summed E-state index contributed by atoms with van der Waals surface area (Å²) in [5.74, 6) is 0. The Hall–Kier alpha value is -3.87. The van der Waals surface area contributed by atoms with Crippen LogP contribution in [0.5, 0.6) is 0 Å². The highest BCUT2D eigenvalue weighted by Crippen LogP contribution is 2.38. The number of hydrogen-bond acceptors (Lipinski definition) is 4. The number of fused-ring (bicyclic) bond motifs is 1. The molecule has 0 spiro atoms. The SMILES string of the molecule is Cn1cc(-c2c(C=O)cc(-c3cccc(CNC(=O)O)c3)c3occc23)cn1. The van der Waals surface area contributed by atoms with Gasteiger partial charge in [-0.15, -0.1) is 0 Å². The average Bonchev–Trinajstić information content (AvgIpc) is 3.34. The number of benzene rings is 2. The number of rotatable bonds is 5. The molecule has 2 heterocycles. The topological polar surface area (TPSA) is 97.4 Å². The normalized spacial score (nSPS) is 10.9. The Kier molecular flexibility index (Phi) is 4.41. The van der Waals surface area contributed by atoms with Crippen molar-refractivity contribution < 1.29 is 19.1 Å². The molecule has 0 fully saturated rings. The average molecular weight is 375 g/mol. The van der Waals surface area contributed by atoms with E-state index in [1.165, 1.54) is 0 Å². The van der Waals surface area contributed by atoms with E-state index in [9.17, 15) is 9.59 Å². The van der Waals surface area contributed by atoms with Crippen molar-refractivity contribution in [3.8, 4) is 22.3 Å². The molecular weight excluding hydrogens is 358 g/mol. The summed E-state index contributed by atoms with van der Waals surface area (Å²) in [6.45, 7) is 0.193. The third-order valence-electron chi connectivity index (χ3n) is 4.57. The summed E-state index contributed by atoms with van der Waals surface area (Å²) in [5.41, 5.74) is 5.22. The lowest BCUT2D eigenvalue weighted by atomic mass is 9.92. The summed E-state index contributed by atoms with van der Waals surface area (Å²) in [5, 5.41) is 16.2. The first-order valence-electron chi connectivity index (χ1n) is 8.61. The van der Waals surface area contributed by atoms with Crippen LogP contribution in [-0.2, 0) is 13.6 Å². The van der Waals surface area contributed by atoms with E-state index in [1.807, 2.05) is 43.6 Å². The second kappa shape index (κ2) is 7.03. The van der Waals surface area contributed by atoms with Crippen molar-refractivity contribution in [1.29, 1.82) is 0 Å². The molecular formula is C21H17N3O4. The molecule has 7 nitrogen and oxygen atoms in total. The summed E-state index contributed by atoms with van der Waals surface area (Å²) in [6, 6.07) is 11.1. The van der Waals surface area contributed by atoms with Gasteiger partial charge < -0.3 is 14.8 Å². The van der Waals surface area contributed by atoms with Crippen LogP contribution in [0.4, 0.5) is 4.79 Å². The maximum atomic E-state index is 11.9. The standard InChI is InChI=1S/C21H17N3O4/c1-24-11-16(10-23-24)19-15(12-25)8-18(20-17(19)5-6-28-20)14-4-2-3-13(7-14)9-22-21(26)27/h2-8,10-12,22H,9H2,1H3,(H,26,27). The van der Waals surface area contributed by atoms with Gasteiger partial charge in [0.2, 0.25) is 0 Å². The molecule has 0 unspecified atom stereocenters. The number of aldehydes is 1. The van der Waals surface area contributed by atoms with Gasteiger partial charge in [0.15, 0.2) is 6.29 Å². The Morgan fingerprint density at radius 1 is 1.29 bits per heavy atom. The van der Waals surface area contributed by atoms with Crippen LogP contribution in [0.3, 0.4) is 0 Å². The largest absolute Gasteiger partial charge is 0.465 e. The monoisotopic (exact) mass is 375 g/mol. The number of aromatic nitrogens is 2. The fourth-order valence-corrected chi connectivity index (χ4v) is 3.37. The van der Waals surface area contributed by atoms with Crippen molar-refractivity contribution in [2.75, 3.05) is 0 Å². The van der Waals surface area contributed by atoms with Gasteiger partial charge in [0.25, 0.3) is 0 Å². The van der Waals surface area contributed by atoms with Gasteiger partial charge in [-0.3, -0.25) is 9.48 Å². The Labute approximate surface area is 160 Å². The fourth-order valence-electron chi connectivity index (χ4n) is 3.37. The van der Waals surface area contributed by atoms with Crippen molar-refractivity contribution >= 4 is 23.3 Å². The lowest BCUT2D eigenvalue weighted by Crippen LogP contribution is -2.19. The maximum Gasteiger partial charge on any atom is 0.404 e. The van der Waals surface area contributed by atoms with Crippen LogP contribution in [0.1, 0.15) is 15.9 Å². The molecule has 0 saturated carbocycles. The predicted molar refractivity (Wildman–Crippen MR) is 104 cm³/mol. The van der Waals surface area contributed by atoms with Gasteiger partial charge in [-0.25, -0.2) is 4.79 Å². The summed E-state index contributed by atoms with van der Waals surface area (Å²) < 4.78 is 7.44. The Morgan fingerprint density at radius 2 is 2.14 bits per heavy atom. The van der Waals surface area contributed by atoms with Crippen molar-refractivity contribution in [3.63, 3.8) is 0 Å². The molecule has 140 valence electrons. The lowest BCUT2D eigenvalue weighted by molar-refractivity contribution is 0.112. The number of carboxylic acid groups (broad SMARTS) is 1. The van der Waals surface area contributed by atoms with Gasteiger partial charge >= 0.3 is 6.09 Å². The number of furan rings is 1. The second-order valence-corrected chi connectivity index (χ2v) is 6.43. The van der Waals surface area contributed by atoms with E-state index < -0.39 is 6.09 Å². The van der Waals surface area contributed by atoms with Crippen LogP contribution < -0.4 is 5.32 Å². The summed E-state index contributed by atoms with van der Waals surface area (Å²) in [6.07, 6.45) is 4.91. The van der Waals surface area contributed by atoms with Crippen LogP contribution in [0, 0.1) is 0 Å². The minimum absolute atomic E-state index is 0.193. The minimum atomic E-state index is -1.08. The van der Waals surface area contributed by atoms with E-state index in [2.05, 4.69) is 10.4 Å². The van der Waals surface area contributed by atoms with Gasteiger partial charge in [-0.05, 0) is 29.3 Å². The molecule has 0 aliphatic heterocycles. The number of carbonyl (C=O) groups excluding carboxylic acids is 1. The highest BCUT2D eigenvalue weighted by molar-refractivity contribution is 6.08. The number of hydrogen-bond donors (Lipinski definition) is 2. The molecule has 4 aromatic rings. The first kappa shape index (κ1) is 17.5. The highest BCUT2D eigenvalue weighted by atomic mass is 16.4. The van der Waals surface area contributed by atoms with E-state index in [0.717, 1.165) is 39.5 Å². The number of carbonyl (C=O) groups is 2. The predicted octanol–water partition coefficient (Wildman–Crippen LogP) is 4.08. The van der Waals surface area contributed by atoms with E-state index in [0.29, 0.717) is 11.1 Å². The van der Waals surface area contributed by atoms with Crippen molar-refractivity contribution in [2.45, 2.75) is 6.54 Å². The zero-order valence-corrected chi connectivity index (χ0v) is 15.0. The summed E-state index contributed by atoms with van der Waals surface area (Å²) in [7, 11) is 1.82. The van der Waals surface area contributed by atoms with E-state index in [4.69, 9.17) is 9.52 Å². The molecule has 2 aromatic carbocycles. The summed E-state index contributed by atoms with van der Waals surface area (Å²) >= 11 is 0. The van der Waals surface area contributed by atoms with Crippen molar-refractivity contribution in [1.82, 2.24) is 15.1 Å². The summed E-state index contributed by atoms with van der Waals surface area (Å²) in [4.78, 5) is 22.6.